The first kappa shape index (κ1) is 25.7. The van der Waals surface area contributed by atoms with Crippen LogP contribution in [0.2, 0.25) is 0 Å². The van der Waals surface area contributed by atoms with Gasteiger partial charge in [-0.3, -0.25) is 9.59 Å². The highest BCUT2D eigenvalue weighted by molar-refractivity contribution is 6.26. The summed E-state index contributed by atoms with van der Waals surface area (Å²) in [6.45, 7) is 0. The van der Waals surface area contributed by atoms with Gasteiger partial charge in [0.1, 0.15) is 34.3 Å². The van der Waals surface area contributed by atoms with Crippen molar-refractivity contribution in [1.29, 1.82) is 0 Å². The quantitative estimate of drug-likeness (QED) is 0.0860. The number of furan rings is 1. The van der Waals surface area contributed by atoms with E-state index < -0.39 is 51.1 Å². The number of phenols is 7. The minimum atomic E-state index is -1.09. The van der Waals surface area contributed by atoms with Crippen LogP contribution >= 0.6 is 0 Å². The van der Waals surface area contributed by atoms with Crippen molar-refractivity contribution in [3.8, 4) is 51.6 Å². The van der Waals surface area contributed by atoms with Gasteiger partial charge in [0.15, 0.2) is 22.9 Å². The molecule has 40 heavy (non-hydrogen) atoms. The average Bonchev–Trinajstić information content (AvgIpc) is 3.32. The van der Waals surface area contributed by atoms with Gasteiger partial charge >= 0.3 is 0 Å². The molecule has 0 saturated carbocycles. The first-order valence-electron chi connectivity index (χ1n) is 11.7. The fourth-order valence-electron chi connectivity index (χ4n) is 4.24. The van der Waals surface area contributed by atoms with Gasteiger partial charge in [-0.15, -0.1) is 0 Å². The smallest absolute Gasteiger partial charge is 0.202 e. The van der Waals surface area contributed by atoms with Crippen LogP contribution in [0.5, 0.6) is 40.2 Å². The van der Waals surface area contributed by atoms with Crippen molar-refractivity contribution in [2.75, 3.05) is 0 Å². The SMILES string of the molecule is O=C(/C=C/c1ccc(O)cc1)c1c(O)c(O)c(O)c2c(C(=O)c3ccc(O)cc3O)c(-c3ccc(O)cc3)oc12. The Hall–Kier alpha value is -5.90. The second kappa shape index (κ2) is 9.76. The molecule has 0 aliphatic heterocycles. The van der Waals surface area contributed by atoms with E-state index in [0.717, 1.165) is 24.3 Å². The fourth-order valence-corrected chi connectivity index (χ4v) is 4.24. The maximum Gasteiger partial charge on any atom is 0.202 e. The topological polar surface area (TPSA) is 189 Å². The summed E-state index contributed by atoms with van der Waals surface area (Å²) in [5.41, 5.74) is -0.925. The van der Waals surface area contributed by atoms with Crippen molar-refractivity contribution >= 4 is 28.6 Å². The molecule has 1 aromatic heterocycles. The Bertz CT molecular complexity index is 1830. The molecule has 200 valence electrons. The van der Waals surface area contributed by atoms with Crippen LogP contribution in [0.25, 0.3) is 28.4 Å². The number of rotatable bonds is 6. The number of fused-ring (bicyclic) bond motifs is 1. The number of aromatic hydroxyl groups is 7. The van der Waals surface area contributed by atoms with Crippen molar-refractivity contribution in [1.82, 2.24) is 0 Å². The van der Waals surface area contributed by atoms with Gasteiger partial charge < -0.3 is 40.2 Å². The van der Waals surface area contributed by atoms with Gasteiger partial charge in [0.25, 0.3) is 0 Å². The molecule has 1 heterocycles. The van der Waals surface area contributed by atoms with Crippen LogP contribution in [0.1, 0.15) is 31.8 Å². The summed E-state index contributed by atoms with van der Waals surface area (Å²) in [4.78, 5) is 27.0. The Morgan fingerprint density at radius 2 is 1.25 bits per heavy atom. The predicted octanol–water partition coefficient (Wildman–Crippen LogP) is 5.17. The molecule has 7 N–H and O–H groups in total. The van der Waals surface area contributed by atoms with Gasteiger partial charge in [-0.25, -0.2) is 0 Å². The number of hydrogen-bond donors (Lipinski definition) is 7. The third-order valence-corrected chi connectivity index (χ3v) is 6.21. The summed E-state index contributed by atoms with van der Waals surface area (Å²) in [5.74, 6) is -6.00. The molecule has 5 aromatic rings. The molecule has 0 amide bonds. The Kier molecular flexibility index (Phi) is 6.28. The highest BCUT2D eigenvalue weighted by Crippen LogP contribution is 2.50. The first-order chi connectivity index (χ1) is 19.1. The second-order valence-corrected chi connectivity index (χ2v) is 8.80. The van der Waals surface area contributed by atoms with Crippen molar-refractivity contribution < 1.29 is 49.8 Å². The van der Waals surface area contributed by atoms with Gasteiger partial charge in [-0.1, -0.05) is 18.2 Å². The molecule has 0 aliphatic carbocycles. The summed E-state index contributed by atoms with van der Waals surface area (Å²) in [6, 6.07) is 14.5. The summed E-state index contributed by atoms with van der Waals surface area (Å²) in [7, 11) is 0. The van der Waals surface area contributed by atoms with Crippen LogP contribution in [-0.4, -0.2) is 47.3 Å². The maximum absolute atomic E-state index is 13.8. The molecule has 10 heteroatoms. The molecule has 5 rings (SSSR count). The molecule has 0 aliphatic rings. The number of carbonyl (C=O) groups excluding carboxylic acids is 2. The normalized spacial score (nSPS) is 11.3. The average molecular weight is 540 g/mol. The van der Waals surface area contributed by atoms with Crippen LogP contribution in [0.15, 0.2) is 77.2 Å². The third-order valence-electron chi connectivity index (χ3n) is 6.21. The summed E-state index contributed by atoms with van der Waals surface area (Å²) < 4.78 is 5.92. The van der Waals surface area contributed by atoms with E-state index in [9.17, 15) is 45.3 Å². The predicted molar refractivity (Wildman–Crippen MR) is 143 cm³/mol. The van der Waals surface area contributed by atoms with Crippen LogP contribution < -0.4 is 0 Å². The van der Waals surface area contributed by atoms with Crippen molar-refractivity contribution in [3.63, 3.8) is 0 Å². The summed E-state index contributed by atoms with van der Waals surface area (Å²) >= 11 is 0. The van der Waals surface area contributed by atoms with Gasteiger partial charge in [0, 0.05) is 11.6 Å². The Balaban J connectivity index is 1.79. The lowest BCUT2D eigenvalue weighted by atomic mass is 9.94. The Labute approximate surface area is 225 Å². The second-order valence-electron chi connectivity index (χ2n) is 8.80. The summed E-state index contributed by atoms with van der Waals surface area (Å²) in [6.07, 6.45) is 2.44. The molecular weight excluding hydrogens is 520 g/mol. The molecule has 10 nitrogen and oxygen atoms in total. The first-order valence-corrected chi connectivity index (χ1v) is 11.7. The van der Waals surface area contributed by atoms with E-state index in [-0.39, 0.29) is 39.7 Å². The Morgan fingerprint density at radius 1 is 0.650 bits per heavy atom. The maximum atomic E-state index is 13.8. The Morgan fingerprint density at radius 3 is 1.88 bits per heavy atom. The zero-order valence-electron chi connectivity index (χ0n) is 20.4. The van der Waals surface area contributed by atoms with E-state index in [4.69, 9.17) is 4.42 Å². The minimum absolute atomic E-state index is 0.0143. The molecule has 4 aromatic carbocycles. The minimum Gasteiger partial charge on any atom is -0.508 e. The van der Waals surface area contributed by atoms with Crippen molar-refractivity contribution in [2.24, 2.45) is 0 Å². The highest BCUT2D eigenvalue weighted by Gasteiger charge is 2.33. The molecule has 0 radical (unpaired) electrons. The molecule has 0 saturated heterocycles. The lowest BCUT2D eigenvalue weighted by molar-refractivity contribution is 0.103. The number of phenolic OH excluding ortho intramolecular Hbond substituents is 7. The van der Waals surface area contributed by atoms with Crippen molar-refractivity contribution in [2.45, 2.75) is 0 Å². The molecule has 0 atom stereocenters. The van der Waals surface area contributed by atoms with Crippen LogP contribution in [0.3, 0.4) is 0 Å². The third kappa shape index (κ3) is 4.39. The lowest BCUT2D eigenvalue weighted by Crippen LogP contribution is -2.03. The van der Waals surface area contributed by atoms with Gasteiger partial charge in [0.2, 0.25) is 11.5 Å². The molecular formula is C30H20O10. The monoisotopic (exact) mass is 540 g/mol. The van der Waals surface area contributed by atoms with E-state index in [2.05, 4.69) is 0 Å². The molecule has 0 fully saturated rings. The van der Waals surface area contributed by atoms with Gasteiger partial charge in [-0.05, 0) is 60.2 Å². The highest BCUT2D eigenvalue weighted by atomic mass is 16.4. The standard InChI is InChI=1S/C30H20O10/c31-16-6-1-14(2-7-16)3-12-20(34)22-26(37)28(39)27(38)24-23(25(36)19-11-10-18(33)13-21(19)35)29(40-30(22)24)15-4-8-17(32)9-5-15/h1-13,31-33,35,37-39H/b12-3+. The number of allylic oxidation sites excluding steroid dienone is 1. The largest absolute Gasteiger partial charge is 0.508 e. The van der Waals surface area contributed by atoms with E-state index in [1.807, 2.05) is 0 Å². The van der Waals surface area contributed by atoms with Crippen LogP contribution in [0.4, 0.5) is 0 Å². The van der Waals surface area contributed by atoms with Crippen molar-refractivity contribution in [3.05, 3.63) is 95.1 Å². The van der Waals surface area contributed by atoms with Crippen LogP contribution in [0, 0.1) is 0 Å². The van der Waals surface area contributed by atoms with Gasteiger partial charge in [0.05, 0.1) is 16.5 Å². The molecule has 0 unspecified atom stereocenters. The van der Waals surface area contributed by atoms with Crippen LogP contribution in [-0.2, 0) is 0 Å². The summed E-state index contributed by atoms with van der Waals surface area (Å²) in [5, 5.41) is 70.9. The zero-order chi connectivity index (χ0) is 28.7. The van der Waals surface area contributed by atoms with E-state index in [1.165, 1.54) is 54.6 Å². The number of benzene rings is 4. The zero-order valence-corrected chi connectivity index (χ0v) is 20.4. The van der Waals surface area contributed by atoms with E-state index in [1.54, 1.807) is 0 Å². The van der Waals surface area contributed by atoms with E-state index >= 15 is 0 Å². The lowest BCUT2D eigenvalue weighted by Gasteiger charge is -2.09. The number of hydrogen-bond acceptors (Lipinski definition) is 10. The number of ketones is 2. The van der Waals surface area contributed by atoms with Gasteiger partial charge in [-0.2, -0.15) is 0 Å². The molecule has 0 spiro atoms. The number of carbonyl (C=O) groups is 2. The fraction of sp³-hybridized carbons (Fsp3) is 0. The van der Waals surface area contributed by atoms with E-state index in [0.29, 0.717) is 5.56 Å². The molecule has 0 bridgehead atoms.